The van der Waals surface area contributed by atoms with Crippen molar-refractivity contribution < 1.29 is 0 Å². The molecular formula is C3H5N5. The Hall–Kier alpha value is -1.39. The molecule has 1 aromatic heterocycles. The molecule has 0 saturated heterocycles. The summed E-state index contributed by atoms with van der Waals surface area (Å²) in [5.74, 6) is -0.171. The number of nitrogens with two attached hydrogens (primary N) is 1. The average Bonchev–Trinajstić information content (AvgIpc) is 2.12. The van der Waals surface area contributed by atoms with E-state index in [-0.39, 0.29) is 5.96 Å². The second-order valence-electron chi connectivity index (χ2n) is 1.20. The molecule has 0 aromatic carbocycles. The summed E-state index contributed by atoms with van der Waals surface area (Å²) < 4.78 is 0. The van der Waals surface area contributed by atoms with Crippen LogP contribution in [0.25, 0.3) is 0 Å². The van der Waals surface area contributed by atoms with E-state index in [0.29, 0.717) is 0 Å². The van der Waals surface area contributed by atoms with Crippen LogP contribution in [0.2, 0.25) is 0 Å². The van der Waals surface area contributed by atoms with E-state index in [4.69, 9.17) is 11.1 Å². The molecule has 0 atom stereocenters. The maximum Gasteiger partial charge on any atom is 0.232 e. The fraction of sp³-hybridized carbons (Fsp3) is 0. The van der Waals surface area contributed by atoms with Gasteiger partial charge < -0.3 is 5.73 Å². The predicted molar refractivity (Wildman–Crippen MR) is 27.3 cm³/mol. The standard InChI is InChI=1S/C3H5N5/c4-3(5)8-6-1-2-7-8/h1-2H,(H3,4,5). The molecule has 5 nitrogen and oxygen atoms in total. The summed E-state index contributed by atoms with van der Waals surface area (Å²) in [5.41, 5.74) is 4.98. The number of nitrogen functional groups attached to an aromatic ring is 1. The molecule has 0 aliphatic rings. The van der Waals surface area contributed by atoms with Gasteiger partial charge in [0, 0.05) is 0 Å². The lowest BCUT2D eigenvalue weighted by Gasteiger charge is -1.88. The van der Waals surface area contributed by atoms with Crippen molar-refractivity contribution in [3.05, 3.63) is 12.4 Å². The topological polar surface area (TPSA) is 80.6 Å². The molecule has 1 aromatic rings. The van der Waals surface area contributed by atoms with E-state index in [1.54, 1.807) is 0 Å². The van der Waals surface area contributed by atoms with Gasteiger partial charge >= 0.3 is 0 Å². The lowest BCUT2D eigenvalue weighted by Crippen LogP contribution is -2.22. The minimum Gasteiger partial charge on any atom is -0.367 e. The van der Waals surface area contributed by atoms with Gasteiger partial charge in [-0.25, -0.2) is 0 Å². The molecule has 3 N–H and O–H groups in total. The highest BCUT2D eigenvalue weighted by Gasteiger charge is 1.89. The Morgan fingerprint density at radius 2 is 2.00 bits per heavy atom. The second-order valence-corrected chi connectivity index (χ2v) is 1.20. The Bertz CT molecular complexity index is 176. The predicted octanol–water partition coefficient (Wildman–Crippen LogP) is -0.980. The lowest BCUT2D eigenvalue weighted by molar-refractivity contribution is 0.783. The zero-order chi connectivity index (χ0) is 5.98. The maximum absolute atomic E-state index is 6.77. The minimum absolute atomic E-state index is 0.171. The Labute approximate surface area is 45.6 Å². The van der Waals surface area contributed by atoms with Crippen LogP contribution in [0, 0.1) is 5.41 Å². The van der Waals surface area contributed by atoms with Gasteiger partial charge in [-0.2, -0.15) is 10.2 Å². The van der Waals surface area contributed by atoms with Crippen LogP contribution < -0.4 is 5.73 Å². The molecule has 0 spiro atoms. The van der Waals surface area contributed by atoms with Gasteiger partial charge in [-0.3, -0.25) is 5.41 Å². The minimum atomic E-state index is -0.171. The van der Waals surface area contributed by atoms with Gasteiger partial charge in [0.2, 0.25) is 5.96 Å². The van der Waals surface area contributed by atoms with Crippen molar-refractivity contribution in [1.82, 2.24) is 15.0 Å². The van der Waals surface area contributed by atoms with Gasteiger partial charge in [0.1, 0.15) is 0 Å². The molecule has 0 radical (unpaired) electrons. The summed E-state index contributed by atoms with van der Waals surface area (Å²) in [6.07, 6.45) is 2.92. The molecule has 0 bridgehead atoms. The number of nitrogens with zero attached hydrogens (tertiary/aromatic N) is 3. The maximum atomic E-state index is 6.77. The molecule has 0 amide bonds. The van der Waals surface area contributed by atoms with Crippen LogP contribution in [0.15, 0.2) is 12.4 Å². The number of hydrogen-bond acceptors (Lipinski definition) is 3. The van der Waals surface area contributed by atoms with Crippen molar-refractivity contribution in [3.63, 3.8) is 0 Å². The van der Waals surface area contributed by atoms with E-state index in [9.17, 15) is 0 Å². The van der Waals surface area contributed by atoms with E-state index >= 15 is 0 Å². The van der Waals surface area contributed by atoms with E-state index < -0.39 is 0 Å². The summed E-state index contributed by atoms with van der Waals surface area (Å²) >= 11 is 0. The number of nitrogens with one attached hydrogen (secondary N) is 1. The molecule has 8 heavy (non-hydrogen) atoms. The molecule has 1 rings (SSSR count). The van der Waals surface area contributed by atoms with Gasteiger partial charge in [-0.15, -0.1) is 4.80 Å². The molecule has 0 aliphatic heterocycles. The van der Waals surface area contributed by atoms with E-state index in [2.05, 4.69) is 10.2 Å². The average molecular weight is 111 g/mol. The Morgan fingerprint density at radius 1 is 1.50 bits per heavy atom. The lowest BCUT2D eigenvalue weighted by atomic mass is 11.0. The fourth-order valence-corrected chi connectivity index (χ4v) is 0.340. The quantitative estimate of drug-likeness (QED) is 0.333. The third kappa shape index (κ3) is 0.651. The summed E-state index contributed by atoms with van der Waals surface area (Å²) in [4.78, 5) is 1.03. The van der Waals surface area contributed by atoms with Crippen LogP contribution in [0.1, 0.15) is 0 Å². The summed E-state index contributed by atoms with van der Waals surface area (Å²) in [7, 11) is 0. The molecule has 1 heterocycles. The van der Waals surface area contributed by atoms with Gasteiger partial charge in [0.15, 0.2) is 0 Å². The molecule has 0 unspecified atom stereocenters. The van der Waals surface area contributed by atoms with Gasteiger partial charge in [0.05, 0.1) is 12.4 Å². The van der Waals surface area contributed by atoms with Gasteiger partial charge in [-0.05, 0) is 0 Å². The molecule has 0 fully saturated rings. The van der Waals surface area contributed by atoms with E-state index in [0.717, 1.165) is 4.80 Å². The number of hydrogen-bond donors (Lipinski definition) is 2. The molecule has 42 valence electrons. The summed E-state index contributed by atoms with van der Waals surface area (Å²) in [5, 5.41) is 13.9. The highest BCUT2D eigenvalue weighted by Crippen LogP contribution is 1.69. The van der Waals surface area contributed by atoms with Crippen LogP contribution >= 0.6 is 0 Å². The smallest absolute Gasteiger partial charge is 0.232 e. The largest absolute Gasteiger partial charge is 0.367 e. The van der Waals surface area contributed by atoms with Crippen molar-refractivity contribution in [1.29, 1.82) is 5.41 Å². The van der Waals surface area contributed by atoms with Crippen molar-refractivity contribution in [2.24, 2.45) is 5.73 Å². The van der Waals surface area contributed by atoms with E-state index in [1.165, 1.54) is 12.4 Å². The van der Waals surface area contributed by atoms with Crippen molar-refractivity contribution in [2.75, 3.05) is 0 Å². The van der Waals surface area contributed by atoms with Gasteiger partial charge in [0.25, 0.3) is 0 Å². The third-order valence-electron chi connectivity index (χ3n) is 0.634. The monoisotopic (exact) mass is 111 g/mol. The van der Waals surface area contributed by atoms with Crippen molar-refractivity contribution in [2.45, 2.75) is 0 Å². The molecule has 5 heteroatoms. The first-order valence-corrected chi connectivity index (χ1v) is 2.01. The first-order chi connectivity index (χ1) is 3.80. The molecular weight excluding hydrogens is 106 g/mol. The molecule has 0 saturated carbocycles. The Morgan fingerprint density at radius 3 is 2.25 bits per heavy atom. The number of rotatable bonds is 0. The van der Waals surface area contributed by atoms with Crippen LogP contribution in [-0.2, 0) is 0 Å². The third-order valence-corrected chi connectivity index (χ3v) is 0.634. The van der Waals surface area contributed by atoms with E-state index in [1.807, 2.05) is 0 Å². The SMILES string of the molecule is N=C(N)n1nccn1. The highest BCUT2D eigenvalue weighted by molar-refractivity contribution is 5.74. The first kappa shape index (κ1) is 4.76. The Kier molecular flexibility index (Phi) is 0.957. The zero-order valence-corrected chi connectivity index (χ0v) is 4.07. The normalized spacial score (nSPS) is 9.00. The van der Waals surface area contributed by atoms with Gasteiger partial charge in [-0.1, -0.05) is 0 Å². The fourth-order valence-electron chi connectivity index (χ4n) is 0.340. The van der Waals surface area contributed by atoms with Crippen LogP contribution in [-0.4, -0.2) is 21.0 Å². The van der Waals surface area contributed by atoms with Crippen molar-refractivity contribution in [3.8, 4) is 0 Å². The highest BCUT2D eigenvalue weighted by atomic mass is 15.5. The zero-order valence-electron chi connectivity index (χ0n) is 4.07. The summed E-state index contributed by atoms with van der Waals surface area (Å²) in [6, 6.07) is 0. The summed E-state index contributed by atoms with van der Waals surface area (Å²) in [6.45, 7) is 0. The first-order valence-electron chi connectivity index (χ1n) is 2.01. The molecule has 0 aliphatic carbocycles. The van der Waals surface area contributed by atoms with Crippen LogP contribution in [0.3, 0.4) is 0 Å². The van der Waals surface area contributed by atoms with Crippen LogP contribution in [0.4, 0.5) is 0 Å². The number of aromatic nitrogens is 3. The van der Waals surface area contributed by atoms with Crippen molar-refractivity contribution >= 4 is 5.96 Å². The van der Waals surface area contributed by atoms with Crippen LogP contribution in [0.5, 0.6) is 0 Å². The Balaban J connectivity index is 2.93. The second kappa shape index (κ2) is 1.61.